The minimum absolute atomic E-state index is 0.0589. The second kappa shape index (κ2) is 14.3. The van der Waals surface area contributed by atoms with Crippen LogP contribution in [0.2, 0.25) is 0 Å². The number of nitrogens with zero attached hydrogens (tertiary/aromatic N) is 1. The summed E-state index contributed by atoms with van der Waals surface area (Å²) in [6.07, 6.45) is 13.5. The molecular formula is C45H50N6O8S2. The van der Waals surface area contributed by atoms with Gasteiger partial charge in [0.15, 0.2) is 11.0 Å². The fourth-order valence-electron chi connectivity index (χ4n) is 11.3. The summed E-state index contributed by atoms with van der Waals surface area (Å²) in [5.74, 6) is 1.22. The Morgan fingerprint density at radius 1 is 1.08 bits per heavy atom. The number of fused-ring (bicyclic) bond motifs is 8. The molecule has 4 aromatic rings. The number of aromatic hydroxyl groups is 1. The molecule has 8 aliphatic rings. The zero-order chi connectivity index (χ0) is 41.9. The number of rotatable bonds is 2. The number of dihydropyridines is 2. The number of aliphatic hydroxyl groups is 1. The predicted molar refractivity (Wildman–Crippen MR) is 234 cm³/mol. The van der Waals surface area contributed by atoms with Crippen LogP contribution in [-0.4, -0.2) is 78.8 Å². The van der Waals surface area contributed by atoms with E-state index in [1.165, 1.54) is 6.07 Å². The van der Waals surface area contributed by atoms with Gasteiger partial charge in [0.1, 0.15) is 45.8 Å². The fourth-order valence-corrected chi connectivity index (χ4v) is 13.7. The number of aromatic amines is 1. The van der Waals surface area contributed by atoms with E-state index in [-0.39, 0.29) is 40.1 Å². The Morgan fingerprint density at radius 3 is 2.79 bits per heavy atom. The number of benzene rings is 1. The number of epoxide rings is 1. The number of esters is 1. The Morgan fingerprint density at radius 2 is 1.95 bits per heavy atom. The van der Waals surface area contributed by atoms with E-state index >= 15 is 0 Å². The summed E-state index contributed by atoms with van der Waals surface area (Å²) in [5, 5.41) is 32.3. The number of phenolic OH excluding ortho intramolecular Hbond substituents is 1. The summed E-state index contributed by atoms with van der Waals surface area (Å²) < 4.78 is 28.3. The van der Waals surface area contributed by atoms with Crippen molar-refractivity contribution in [3.63, 3.8) is 0 Å². The number of hydrogen-bond donors (Lipinski definition) is 7. The Hall–Kier alpha value is -4.90. The molecule has 1 spiro atoms. The third-order valence-corrected chi connectivity index (χ3v) is 16.5. The summed E-state index contributed by atoms with van der Waals surface area (Å²) in [6.45, 7) is 4.33. The average molecular weight is 867 g/mol. The van der Waals surface area contributed by atoms with Gasteiger partial charge in [-0.15, -0.1) is 0 Å². The van der Waals surface area contributed by atoms with Crippen molar-refractivity contribution in [3.05, 3.63) is 105 Å². The molecule has 10 atom stereocenters. The van der Waals surface area contributed by atoms with Crippen molar-refractivity contribution in [2.75, 3.05) is 11.5 Å². The first-order valence-corrected chi connectivity index (χ1v) is 23.7. The highest BCUT2D eigenvalue weighted by Crippen LogP contribution is 2.60. The molecule has 3 saturated heterocycles. The molecule has 61 heavy (non-hydrogen) atoms. The molecule has 9 N–H and O–H groups in total. The van der Waals surface area contributed by atoms with Crippen LogP contribution in [-0.2, 0) is 20.8 Å². The zero-order valence-corrected chi connectivity index (χ0v) is 35.6. The summed E-state index contributed by atoms with van der Waals surface area (Å²) in [4.78, 5) is 31.5. The van der Waals surface area contributed by atoms with Gasteiger partial charge in [0.2, 0.25) is 0 Å². The maximum atomic E-state index is 14.9. The number of H-pyrrole nitrogens is 1. The third kappa shape index (κ3) is 6.38. The maximum absolute atomic E-state index is 14.9. The van der Waals surface area contributed by atoms with E-state index in [4.69, 9.17) is 30.1 Å². The predicted octanol–water partition coefficient (Wildman–Crippen LogP) is 5.20. The number of nitrogens with two attached hydrogens (primary N) is 2. The van der Waals surface area contributed by atoms with Crippen LogP contribution in [0.15, 0.2) is 92.6 Å². The maximum Gasteiger partial charge on any atom is 0.342 e. The molecule has 0 radical (unpaired) electrons. The van der Waals surface area contributed by atoms with Gasteiger partial charge < -0.3 is 60.5 Å². The molecule has 6 bridgehead atoms. The molecule has 1 aromatic carbocycles. The van der Waals surface area contributed by atoms with E-state index in [1.807, 2.05) is 19.2 Å². The summed E-state index contributed by atoms with van der Waals surface area (Å²) in [5.41, 5.74) is 15.5. The van der Waals surface area contributed by atoms with Gasteiger partial charge in [0, 0.05) is 83.6 Å². The molecule has 1 aliphatic carbocycles. The normalized spacial score (nSPS) is 34.7. The number of aliphatic hydroxyl groups excluding tert-OH is 1. The molecule has 12 rings (SSSR count). The second-order valence-corrected chi connectivity index (χ2v) is 20.6. The first-order valence-electron chi connectivity index (χ1n) is 21.2. The van der Waals surface area contributed by atoms with Gasteiger partial charge in [-0.05, 0) is 75.2 Å². The van der Waals surface area contributed by atoms with Crippen molar-refractivity contribution in [1.29, 1.82) is 0 Å². The van der Waals surface area contributed by atoms with Crippen LogP contribution in [0.5, 0.6) is 11.5 Å². The highest BCUT2D eigenvalue weighted by atomic mass is 33.1. The third-order valence-electron chi connectivity index (χ3n) is 14.2. The molecule has 3 aromatic heterocycles. The Kier molecular flexibility index (Phi) is 9.15. The molecule has 7 aliphatic heterocycles. The second-order valence-electron chi connectivity index (χ2n) is 18.0. The number of nitrogens with one attached hydrogen (secondary N) is 3. The highest BCUT2D eigenvalue weighted by Gasteiger charge is 2.71. The van der Waals surface area contributed by atoms with Crippen LogP contribution in [0.4, 0.5) is 0 Å². The van der Waals surface area contributed by atoms with Crippen molar-refractivity contribution < 1.29 is 33.6 Å². The van der Waals surface area contributed by atoms with Crippen molar-refractivity contribution in [1.82, 2.24) is 20.2 Å². The van der Waals surface area contributed by atoms with Crippen LogP contribution >= 0.6 is 21.6 Å². The Bertz CT molecular complexity index is 2650. The number of aromatic nitrogens is 2. The molecule has 10 unspecified atom stereocenters. The molecule has 16 heteroatoms. The number of carbonyl (C=O) groups is 1. The first kappa shape index (κ1) is 39.0. The van der Waals surface area contributed by atoms with E-state index in [1.54, 1.807) is 34.6 Å². The molecule has 4 fully saturated rings. The van der Waals surface area contributed by atoms with Crippen LogP contribution < -0.4 is 32.3 Å². The molecule has 10 heterocycles. The minimum atomic E-state index is -1.33. The van der Waals surface area contributed by atoms with E-state index in [0.717, 1.165) is 27.6 Å². The summed E-state index contributed by atoms with van der Waals surface area (Å²) in [6, 6.07) is 4.79. The lowest BCUT2D eigenvalue weighted by Crippen LogP contribution is -2.55. The monoisotopic (exact) mass is 866 g/mol. The zero-order valence-electron chi connectivity index (χ0n) is 33.9. The lowest BCUT2D eigenvalue weighted by atomic mass is 9.64. The highest BCUT2D eigenvalue weighted by molar-refractivity contribution is 8.76. The Balaban J connectivity index is 0.976. The molecule has 320 valence electrons. The largest absolute Gasteiger partial charge is 0.507 e. The van der Waals surface area contributed by atoms with Gasteiger partial charge in [-0.25, -0.2) is 4.79 Å². The van der Waals surface area contributed by atoms with Gasteiger partial charge in [-0.1, -0.05) is 33.7 Å². The SMILES string of the molecule is Cc1cc(=O)c2c(O)c3c(cc2o1)OC1(C)CCSSCC2=C(N)NC(Cn4cc5cc[nH]c5c4)C=C2C2C=C(C=C(N)N2)CCC2OC24C(=O)OC1C3C1CCC4C(O)C1. The van der Waals surface area contributed by atoms with Crippen molar-refractivity contribution in [3.8, 4) is 11.5 Å². The van der Waals surface area contributed by atoms with E-state index in [0.29, 0.717) is 85.3 Å². The van der Waals surface area contributed by atoms with E-state index in [9.17, 15) is 19.8 Å². The molecule has 1 saturated carbocycles. The fraction of sp³-hybridized carbons (Fsp3) is 0.467. The van der Waals surface area contributed by atoms with Crippen LogP contribution in [0.1, 0.15) is 62.7 Å². The van der Waals surface area contributed by atoms with E-state index < -0.39 is 47.3 Å². The number of carbonyl (C=O) groups excluding carboxylic acids is 1. The average Bonchev–Trinajstić information content (AvgIpc) is 3.53. The topological polar surface area (TPSA) is 216 Å². The number of aryl methyl sites for hydroxylation is 1. The number of allylic oxidation sites excluding steroid dienone is 2. The lowest BCUT2D eigenvalue weighted by Gasteiger charge is -2.48. The Labute approximate surface area is 359 Å². The van der Waals surface area contributed by atoms with Gasteiger partial charge >= 0.3 is 5.97 Å². The smallest absolute Gasteiger partial charge is 0.342 e. The van der Waals surface area contributed by atoms with Gasteiger partial charge in [-0.2, -0.15) is 0 Å². The molecule has 0 amide bonds. The van der Waals surface area contributed by atoms with Crippen molar-refractivity contribution >= 4 is 49.4 Å². The number of hydrogen-bond acceptors (Lipinski definition) is 14. The summed E-state index contributed by atoms with van der Waals surface area (Å²) >= 11 is 0. The van der Waals surface area contributed by atoms with Crippen LogP contribution in [0, 0.1) is 18.8 Å². The van der Waals surface area contributed by atoms with Crippen molar-refractivity contribution in [2.24, 2.45) is 23.3 Å². The van der Waals surface area contributed by atoms with Gasteiger partial charge in [0.05, 0.1) is 35.6 Å². The number of ether oxygens (including phenoxy) is 3. The lowest BCUT2D eigenvalue weighted by molar-refractivity contribution is -0.175. The standard InChI is InChI=1S/C45H50N6O8S2/c1-21-11-32(53)38-33(56-21)16-34-39(40(38)54)37-23-4-5-28(31(52)14-23)45-35(59-45)6-3-22-12-29(50-36(46)13-22)26-15-25(18-51-17-24-7-9-48-30(24)19-51)49-42(47)27(26)20-61-60-10-8-44(2,58-34)41(37)57-43(45)55/h7,9,11-13,15-17,19,23,25,28-29,31,35,37,41,48-50,52,54H,3-6,8,10,14,18,20,46-47H2,1-2H3. The number of phenols is 1. The first-order chi connectivity index (χ1) is 29.4. The molecule has 14 nitrogen and oxygen atoms in total. The van der Waals surface area contributed by atoms with Crippen LogP contribution in [0.3, 0.4) is 0 Å². The minimum Gasteiger partial charge on any atom is -0.507 e. The van der Waals surface area contributed by atoms with E-state index in [2.05, 4.69) is 50.8 Å². The quantitative estimate of drug-likeness (QED) is 0.0784. The van der Waals surface area contributed by atoms with Crippen LogP contribution in [0.25, 0.3) is 21.9 Å². The van der Waals surface area contributed by atoms with Gasteiger partial charge in [0.25, 0.3) is 0 Å². The summed E-state index contributed by atoms with van der Waals surface area (Å²) in [7, 11) is 3.37. The molecular weight excluding hydrogens is 817 g/mol. The van der Waals surface area contributed by atoms with Crippen molar-refractivity contribution in [2.45, 2.75) is 106 Å². The van der Waals surface area contributed by atoms with Gasteiger partial charge in [-0.3, -0.25) is 4.79 Å².